The Morgan fingerprint density at radius 2 is 2.00 bits per heavy atom. The maximum Gasteiger partial charge on any atom is 0.0301 e. The van der Waals surface area contributed by atoms with Crippen LogP contribution in [0.3, 0.4) is 0 Å². The highest BCUT2D eigenvalue weighted by atomic mass is 79.9. The fourth-order valence-electron chi connectivity index (χ4n) is 3.28. The lowest BCUT2D eigenvalue weighted by Gasteiger charge is -2.28. The molecule has 0 spiro atoms. The molecule has 2 aromatic carbocycles. The fraction of sp³-hybridized carbons (Fsp3) is 0.333. The standard InChI is InChI=1S/C18H20BrN/c19-16-9-4-8-15(11-16)18(20)12-14-7-3-6-13-5-1-2-10-17(13)14/h1-2,4-5,8-11,14,18H,3,6-7,12,20H2. The maximum absolute atomic E-state index is 6.43. The molecule has 2 aromatic rings. The van der Waals surface area contributed by atoms with Crippen LogP contribution in [-0.4, -0.2) is 0 Å². The molecule has 2 heteroatoms. The first-order valence-corrected chi connectivity index (χ1v) is 8.12. The van der Waals surface area contributed by atoms with E-state index in [1.807, 2.05) is 6.07 Å². The Morgan fingerprint density at radius 1 is 1.15 bits per heavy atom. The molecule has 1 nitrogen and oxygen atoms in total. The van der Waals surface area contributed by atoms with Gasteiger partial charge < -0.3 is 5.73 Å². The normalized spacial score (nSPS) is 19.4. The van der Waals surface area contributed by atoms with E-state index in [-0.39, 0.29) is 6.04 Å². The summed E-state index contributed by atoms with van der Waals surface area (Å²) in [5.74, 6) is 0.605. The van der Waals surface area contributed by atoms with Crippen molar-refractivity contribution in [2.45, 2.75) is 37.6 Å². The van der Waals surface area contributed by atoms with Gasteiger partial charge in [0.05, 0.1) is 0 Å². The van der Waals surface area contributed by atoms with Gasteiger partial charge in [0, 0.05) is 10.5 Å². The molecule has 104 valence electrons. The second kappa shape index (κ2) is 6.11. The Hall–Kier alpha value is -1.12. The van der Waals surface area contributed by atoms with Crippen molar-refractivity contribution in [3.05, 3.63) is 69.7 Å². The largest absolute Gasteiger partial charge is 0.324 e. The number of nitrogens with two attached hydrogens (primary N) is 1. The Morgan fingerprint density at radius 3 is 2.85 bits per heavy atom. The van der Waals surface area contributed by atoms with Gasteiger partial charge in [-0.15, -0.1) is 0 Å². The van der Waals surface area contributed by atoms with Gasteiger partial charge >= 0.3 is 0 Å². The lowest BCUT2D eigenvalue weighted by Crippen LogP contribution is -2.18. The molecule has 0 aliphatic heterocycles. The van der Waals surface area contributed by atoms with E-state index in [9.17, 15) is 0 Å². The smallest absolute Gasteiger partial charge is 0.0301 e. The second-order valence-electron chi connectivity index (χ2n) is 5.69. The van der Waals surface area contributed by atoms with E-state index in [1.54, 1.807) is 0 Å². The van der Waals surface area contributed by atoms with Crippen molar-refractivity contribution in [2.24, 2.45) is 5.73 Å². The van der Waals surface area contributed by atoms with Crippen LogP contribution in [0, 0.1) is 0 Å². The monoisotopic (exact) mass is 329 g/mol. The van der Waals surface area contributed by atoms with E-state index >= 15 is 0 Å². The van der Waals surface area contributed by atoms with E-state index in [0.29, 0.717) is 5.92 Å². The summed E-state index contributed by atoms with van der Waals surface area (Å²) >= 11 is 3.53. The van der Waals surface area contributed by atoms with E-state index < -0.39 is 0 Å². The van der Waals surface area contributed by atoms with Crippen LogP contribution in [0.5, 0.6) is 0 Å². The molecule has 0 saturated heterocycles. The number of benzene rings is 2. The van der Waals surface area contributed by atoms with Gasteiger partial charge in [0.15, 0.2) is 0 Å². The highest BCUT2D eigenvalue weighted by molar-refractivity contribution is 9.10. The van der Waals surface area contributed by atoms with Crippen LogP contribution >= 0.6 is 15.9 Å². The summed E-state index contributed by atoms with van der Waals surface area (Å²) < 4.78 is 1.11. The minimum absolute atomic E-state index is 0.114. The fourth-order valence-corrected chi connectivity index (χ4v) is 3.70. The first kappa shape index (κ1) is 13.8. The SMILES string of the molecule is NC(CC1CCCc2ccccc21)c1cccc(Br)c1. The molecule has 0 bridgehead atoms. The zero-order chi connectivity index (χ0) is 13.9. The van der Waals surface area contributed by atoms with Gasteiger partial charge in [-0.25, -0.2) is 0 Å². The highest BCUT2D eigenvalue weighted by Crippen LogP contribution is 2.37. The highest BCUT2D eigenvalue weighted by Gasteiger charge is 2.22. The predicted octanol–water partition coefficient (Wildman–Crippen LogP) is 4.96. The molecular weight excluding hydrogens is 310 g/mol. The summed E-state index contributed by atoms with van der Waals surface area (Å²) in [6.45, 7) is 0. The van der Waals surface area contributed by atoms with Crippen LogP contribution in [-0.2, 0) is 6.42 Å². The molecule has 0 heterocycles. The number of halogens is 1. The number of hydrogen-bond acceptors (Lipinski definition) is 1. The van der Waals surface area contributed by atoms with Crippen LogP contribution in [0.1, 0.15) is 47.9 Å². The summed E-state index contributed by atoms with van der Waals surface area (Å²) in [6, 6.07) is 17.4. The summed E-state index contributed by atoms with van der Waals surface area (Å²) in [5.41, 5.74) is 10.7. The van der Waals surface area contributed by atoms with Crippen LogP contribution in [0.25, 0.3) is 0 Å². The molecule has 2 unspecified atom stereocenters. The minimum atomic E-state index is 0.114. The van der Waals surface area contributed by atoms with Gasteiger partial charge in [0.25, 0.3) is 0 Å². The van der Waals surface area contributed by atoms with Gasteiger partial charge in [-0.2, -0.15) is 0 Å². The Labute approximate surface area is 129 Å². The zero-order valence-electron chi connectivity index (χ0n) is 11.6. The molecule has 2 N–H and O–H groups in total. The van der Waals surface area contributed by atoms with Crippen molar-refractivity contribution < 1.29 is 0 Å². The number of aryl methyl sites for hydroxylation is 1. The third-order valence-corrected chi connectivity index (χ3v) is 4.80. The van der Waals surface area contributed by atoms with Gasteiger partial charge in [0.2, 0.25) is 0 Å². The first-order chi connectivity index (χ1) is 9.74. The topological polar surface area (TPSA) is 26.0 Å². The Kier molecular flexibility index (Phi) is 4.23. The third-order valence-electron chi connectivity index (χ3n) is 4.31. The van der Waals surface area contributed by atoms with E-state index in [2.05, 4.69) is 58.4 Å². The number of fused-ring (bicyclic) bond motifs is 1. The quantitative estimate of drug-likeness (QED) is 0.846. The minimum Gasteiger partial charge on any atom is -0.324 e. The summed E-state index contributed by atoms with van der Waals surface area (Å²) in [5, 5.41) is 0. The van der Waals surface area contributed by atoms with Crippen molar-refractivity contribution in [1.82, 2.24) is 0 Å². The van der Waals surface area contributed by atoms with E-state index in [1.165, 1.54) is 36.0 Å². The molecular formula is C18H20BrN. The molecule has 3 rings (SSSR count). The van der Waals surface area contributed by atoms with Crippen molar-refractivity contribution in [3.63, 3.8) is 0 Å². The summed E-state index contributed by atoms with van der Waals surface area (Å²) in [7, 11) is 0. The van der Waals surface area contributed by atoms with Crippen LogP contribution in [0.4, 0.5) is 0 Å². The zero-order valence-corrected chi connectivity index (χ0v) is 13.1. The van der Waals surface area contributed by atoms with Crippen LogP contribution in [0.15, 0.2) is 53.0 Å². The first-order valence-electron chi connectivity index (χ1n) is 7.33. The van der Waals surface area contributed by atoms with Crippen LogP contribution < -0.4 is 5.73 Å². The van der Waals surface area contributed by atoms with Gasteiger partial charge in [0.1, 0.15) is 0 Å². The average Bonchev–Trinajstić information content (AvgIpc) is 2.47. The third kappa shape index (κ3) is 2.97. The van der Waals surface area contributed by atoms with Crippen LogP contribution in [0.2, 0.25) is 0 Å². The summed E-state index contributed by atoms with van der Waals surface area (Å²) in [4.78, 5) is 0. The molecule has 0 saturated carbocycles. The molecule has 1 aliphatic carbocycles. The van der Waals surface area contributed by atoms with E-state index in [0.717, 1.165) is 10.9 Å². The predicted molar refractivity (Wildman–Crippen MR) is 87.8 cm³/mol. The lowest BCUT2D eigenvalue weighted by atomic mass is 9.79. The maximum atomic E-state index is 6.43. The lowest BCUT2D eigenvalue weighted by molar-refractivity contribution is 0.476. The molecule has 20 heavy (non-hydrogen) atoms. The summed E-state index contributed by atoms with van der Waals surface area (Å²) in [6.07, 6.45) is 4.80. The molecule has 0 aromatic heterocycles. The van der Waals surface area contributed by atoms with Gasteiger partial charge in [-0.3, -0.25) is 0 Å². The van der Waals surface area contributed by atoms with Crippen molar-refractivity contribution in [2.75, 3.05) is 0 Å². The van der Waals surface area contributed by atoms with Crippen molar-refractivity contribution >= 4 is 15.9 Å². The molecule has 2 atom stereocenters. The van der Waals surface area contributed by atoms with Crippen molar-refractivity contribution in [1.29, 1.82) is 0 Å². The average molecular weight is 330 g/mol. The van der Waals surface area contributed by atoms with Crippen molar-refractivity contribution in [3.8, 4) is 0 Å². The molecule has 0 amide bonds. The Bertz CT molecular complexity index is 593. The molecule has 1 aliphatic rings. The van der Waals surface area contributed by atoms with Gasteiger partial charge in [-0.05, 0) is 60.4 Å². The Balaban J connectivity index is 1.79. The number of rotatable bonds is 3. The molecule has 0 radical (unpaired) electrons. The second-order valence-corrected chi connectivity index (χ2v) is 6.60. The number of hydrogen-bond donors (Lipinski definition) is 1. The van der Waals surface area contributed by atoms with E-state index in [4.69, 9.17) is 5.73 Å². The van der Waals surface area contributed by atoms with Gasteiger partial charge in [-0.1, -0.05) is 52.3 Å². The molecule has 0 fully saturated rings.